The lowest BCUT2D eigenvalue weighted by molar-refractivity contribution is 0.118. The van der Waals surface area contributed by atoms with Crippen LogP contribution >= 0.6 is 0 Å². The zero-order chi connectivity index (χ0) is 11.2. The molecule has 2 fully saturated rings. The maximum atomic E-state index is 3.42. The monoisotopic (exact) mass is 225 g/mol. The van der Waals surface area contributed by atoms with Crippen LogP contribution in [-0.2, 0) is 0 Å². The van der Waals surface area contributed by atoms with Crippen molar-refractivity contribution in [1.82, 2.24) is 15.1 Å². The topological polar surface area (TPSA) is 18.5 Å². The summed E-state index contributed by atoms with van der Waals surface area (Å²) in [5.74, 6) is 0. The maximum Gasteiger partial charge on any atom is 0.0112 e. The molecule has 0 bridgehead atoms. The third kappa shape index (κ3) is 3.44. The Bertz CT molecular complexity index is 190. The molecule has 1 atom stereocenters. The van der Waals surface area contributed by atoms with Crippen molar-refractivity contribution in [1.29, 1.82) is 0 Å². The fraction of sp³-hybridized carbons (Fsp3) is 1.00. The molecule has 3 nitrogen and oxygen atoms in total. The van der Waals surface area contributed by atoms with Crippen LogP contribution in [0.5, 0.6) is 0 Å². The smallest absolute Gasteiger partial charge is 0.0112 e. The number of nitrogens with one attached hydrogen (secondary N) is 1. The van der Waals surface area contributed by atoms with Crippen LogP contribution in [0.4, 0.5) is 0 Å². The quantitative estimate of drug-likeness (QED) is 0.774. The molecule has 0 radical (unpaired) electrons. The first-order valence-corrected chi connectivity index (χ1v) is 7.07. The third-order valence-corrected chi connectivity index (χ3v) is 4.13. The fourth-order valence-electron chi connectivity index (χ4n) is 3.02. The predicted octanol–water partition coefficient (Wildman–Crippen LogP) is 1.16. The molecule has 2 saturated heterocycles. The second-order valence-electron chi connectivity index (χ2n) is 5.19. The Balaban J connectivity index is 1.70. The van der Waals surface area contributed by atoms with Crippen LogP contribution in [0, 0.1) is 0 Å². The second-order valence-corrected chi connectivity index (χ2v) is 5.19. The van der Waals surface area contributed by atoms with Gasteiger partial charge in [0.15, 0.2) is 0 Å². The number of likely N-dealkylation sites (tertiary alicyclic amines) is 1. The number of piperidine rings is 1. The first kappa shape index (κ1) is 12.3. The Morgan fingerprint density at radius 2 is 1.88 bits per heavy atom. The van der Waals surface area contributed by atoms with E-state index in [2.05, 4.69) is 22.0 Å². The van der Waals surface area contributed by atoms with E-state index in [0.717, 1.165) is 6.04 Å². The van der Waals surface area contributed by atoms with Crippen molar-refractivity contribution in [3.8, 4) is 0 Å². The van der Waals surface area contributed by atoms with Crippen LogP contribution in [0.15, 0.2) is 0 Å². The van der Waals surface area contributed by atoms with Crippen molar-refractivity contribution < 1.29 is 0 Å². The van der Waals surface area contributed by atoms with Gasteiger partial charge in [-0.1, -0.05) is 13.3 Å². The summed E-state index contributed by atoms with van der Waals surface area (Å²) in [4.78, 5) is 5.34. The maximum absolute atomic E-state index is 3.42. The van der Waals surface area contributed by atoms with E-state index < -0.39 is 0 Å². The van der Waals surface area contributed by atoms with Gasteiger partial charge in [0, 0.05) is 45.3 Å². The van der Waals surface area contributed by atoms with Crippen molar-refractivity contribution in [3.63, 3.8) is 0 Å². The molecule has 2 heterocycles. The molecule has 0 aromatic rings. The van der Waals surface area contributed by atoms with Gasteiger partial charge in [0.05, 0.1) is 0 Å². The zero-order valence-electron chi connectivity index (χ0n) is 10.7. The van der Waals surface area contributed by atoms with Gasteiger partial charge in [-0.25, -0.2) is 0 Å². The standard InChI is InChI=1S/C13H27N3/c1-2-13-5-3-4-8-16(13)12-11-15-9-6-14-7-10-15/h13-14H,2-12H2,1H3. The Morgan fingerprint density at radius 1 is 1.06 bits per heavy atom. The summed E-state index contributed by atoms with van der Waals surface area (Å²) in [6, 6.07) is 0.872. The summed E-state index contributed by atoms with van der Waals surface area (Å²) in [5.41, 5.74) is 0. The number of nitrogens with zero attached hydrogens (tertiary/aromatic N) is 2. The number of rotatable bonds is 4. The molecule has 94 valence electrons. The fourth-order valence-corrected chi connectivity index (χ4v) is 3.02. The van der Waals surface area contributed by atoms with Gasteiger partial charge in [0.1, 0.15) is 0 Å². The molecule has 2 aliphatic heterocycles. The largest absolute Gasteiger partial charge is 0.314 e. The molecule has 0 aromatic heterocycles. The van der Waals surface area contributed by atoms with Crippen LogP contribution < -0.4 is 5.32 Å². The summed E-state index contributed by atoms with van der Waals surface area (Å²) in [5, 5.41) is 3.42. The number of piperazine rings is 1. The van der Waals surface area contributed by atoms with Crippen molar-refractivity contribution in [2.24, 2.45) is 0 Å². The lowest BCUT2D eigenvalue weighted by Crippen LogP contribution is -2.48. The molecule has 2 rings (SSSR count). The lowest BCUT2D eigenvalue weighted by atomic mass is 10.0. The molecular weight excluding hydrogens is 198 g/mol. The van der Waals surface area contributed by atoms with Crippen molar-refractivity contribution in [2.45, 2.75) is 38.6 Å². The van der Waals surface area contributed by atoms with Crippen LogP contribution in [0.2, 0.25) is 0 Å². The molecular formula is C13H27N3. The van der Waals surface area contributed by atoms with Crippen LogP contribution in [-0.4, -0.2) is 61.7 Å². The first-order chi connectivity index (χ1) is 7.90. The average molecular weight is 225 g/mol. The highest BCUT2D eigenvalue weighted by Gasteiger charge is 2.21. The van der Waals surface area contributed by atoms with Gasteiger partial charge in [-0.3, -0.25) is 9.80 Å². The Hall–Kier alpha value is -0.120. The summed E-state index contributed by atoms with van der Waals surface area (Å²) < 4.78 is 0. The van der Waals surface area contributed by atoms with E-state index in [4.69, 9.17) is 0 Å². The first-order valence-electron chi connectivity index (χ1n) is 7.07. The SMILES string of the molecule is CCC1CCCCN1CCN1CCNCC1. The van der Waals surface area contributed by atoms with Gasteiger partial charge in [-0.15, -0.1) is 0 Å². The lowest BCUT2D eigenvalue weighted by Gasteiger charge is -2.37. The Labute approximate surface area is 100 Å². The summed E-state index contributed by atoms with van der Waals surface area (Å²) >= 11 is 0. The van der Waals surface area contributed by atoms with E-state index in [0.29, 0.717) is 0 Å². The summed E-state index contributed by atoms with van der Waals surface area (Å²) in [6.45, 7) is 11.1. The van der Waals surface area contributed by atoms with Crippen molar-refractivity contribution >= 4 is 0 Å². The van der Waals surface area contributed by atoms with Gasteiger partial charge < -0.3 is 5.32 Å². The molecule has 1 N–H and O–H groups in total. The number of hydrogen-bond donors (Lipinski definition) is 1. The molecule has 0 saturated carbocycles. The number of hydrogen-bond acceptors (Lipinski definition) is 3. The van der Waals surface area contributed by atoms with Crippen molar-refractivity contribution in [3.05, 3.63) is 0 Å². The predicted molar refractivity (Wildman–Crippen MR) is 68.8 cm³/mol. The highest BCUT2D eigenvalue weighted by molar-refractivity contribution is 4.77. The minimum atomic E-state index is 0.872. The molecule has 0 amide bonds. The minimum Gasteiger partial charge on any atom is -0.314 e. The van der Waals surface area contributed by atoms with Crippen LogP contribution in [0.1, 0.15) is 32.6 Å². The normalized spacial score (nSPS) is 29.4. The van der Waals surface area contributed by atoms with E-state index >= 15 is 0 Å². The molecule has 3 heteroatoms. The van der Waals surface area contributed by atoms with Crippen LogP contribution in [0.3, 0.4) is 0 Å². The Morgan fingerprint density at radius 3 is 2.62 bits per heavy atom. The van der Waals surface area contributed by atoms with Gasteiger partial charge in [0.2, 0.25) is 0 Å². The molecule has 0 aliphatic carbocycles. The zero-order valence-corrected chi connectivity index (χ0v) is 10.7. The van der Waals surface area contributed by atoms with Gasteiger partial charge >= 0.3 is 0 Å². The van der Waals surface area contributed by atoms with E-state index in [9.17, 15) is 0 Å². The molecule has 16 heavy (non-hydrogen) atoms. The summed E-state index contributed by atoms with van der Waals surface area (Å²) in [7, 11) is 0. The molecule has 1 unspecified atom stereocenters. The highest BCUT2D eigenvalue weighted by Crippen LogP contribution is 2.18. The van der Waals surface area contributed by atoms with Crippen molar-refractivity contribution in [2.75, 3.05) is 45.8 Å². The average Bonchev–Trinajstić information content (AvgIpc) is 2.38. The van der Waals surface area contributed by atoms with E-state index in [-0.39, 0.29) is 0 Å². The molecule has 0 aromatic carbocycles. The second kappa shape index (κ2) is 6.58. The Kier molecular flexibility index (Phi) is 5.07. The highest BCUT2D eigenvalue weighted by atomic mass is 15.2. The summed E-state index contributed by atoms with van der Waals surface area (Å²) in [6.07, 6.45) is 5.63. The van der Waals surface area contributed by atoms with Gasteiger partial charge in [-0.2, -0.15) is 0 Å². The molecule has 2 aliphatic rings. The van der Waals surface area contributed by atoms with Gasteiger partial charge in [0.25, 0.3) is 0 Å². The minimum absolute atomic E-state index is 0.872. The third-order valence-electron chi connectivity index (χ3n) is 4.13. The van der Waals surface area contributed by atoms with E-state index in [1.54, 1.807) is 0 Å². The molecule has 0 spiro atoms. The van der Waals surface area contributed by atoms with Crippen LogP contribution in [0.25, 0.3) is 0 Å². The van der Waals surface area contributed by atoms with Gasteiger partial charge in [-0.05, 0) is 25.8 Å². The van der Waals surface area contributed by atoms with E-state index in [1.807, 2.05) is 0 Å². The van der Waals surface area contributed by atoms with E-state index in [1.165, 1.54) is 71.5 Å².